The van der Waals surface area contributed by atoms with Crippen molar-refractivity contribution in [3.8, 4) is 0 Å². The van der Waals surface area contributed by atoms with Gasteiger partial charge in [0.25, 0.3) is 0 Å². The van der Waals surface area contributed by atoms with Gasteiger partial charge in [0.15, 0.2) is 0 Å². The second kappa shape index (κ2) is 10.4. The molecular formula is C14H28ClN3O2. The van der Waals surface area contributed by atoms with Crippen molar-refractivity contribution < 1.29 is 9.53 Å². The number of ether oxygens (including phenoxy) is 1. The molecule has 0 spiro atoms. The van der Waals surface area contributed by atoms with Gasteiger partial charge in [-0.05, 0) is 32.2 Å². The summed E-state index contributed by atoms with van der Waals surface area (Å²) >= 11 is 0. The molecule has 1 unspecified atom stereocenters. The number of hydrogen-bond donors (Lipinski definition) is 2. The van der Waals surface area contributed by atoms with Crippen molar-refractivity contribution in [2.45, 2.75) is 38.2 Å². The summed E-state index contributed by atoms with van der Waals surface area (Å²) in [6.45, 7) is 7.21. The standard InChI is InChI=1S/C14H27N3O2.ClH/c18-14(5-4-13-3-1-12-19-13)16-6-2-9-17-10-7-15-8-11-17;/h13,15H,1-12H2,(H,16,18);1H. The molecule has 0 aromatic rings. The highest BCUT2D eigenvalue weighted by Gasteiger charge is 2.16. The van der Waals surface area contributed by atoms with Gasteiger partial charge in [-0.25, -0.2) is 0 Å². The Morgan fingerprint density at radius 3 is 2.85 bits per heavy atom. The maximum atomic E-state index is 11.7. The third kappa shape index (κ3) is 6.88. The second-order valence-electron chi connectivity index (χ2n) is 5.47. The molecule has 0 radical (unpaired) electrons. The average Bonchev–Trinajstić information content (AvgIpc) is 2.96. The zero-order valence-corrected chi connectivity index (χ0v) is 13.1. The Labute approximate surface area is 128 Å². The van der Waals surface area contributed by atoms with Gasteiger partial charge in [-0.3, -0.25) is 4.79 Å². The van der Waals surface area contributed by atoms with Crippen molar-refractivity contribution in [2.75, 3.05) is 45.9 Å². The highest BCUT2D eigenvalue weighted by Crippen LogP contribution is 2.16. The van der Waals surface area contributed by atoms with Crippen molar-refractivity contribution in [3.05, 3.63) is 0 Å². The number of hydrogen-bond acceptors (Lipinski definition) is 4. The first-order chi connectivity index (χ1) is 9.34. The minimum Gasteiger partial charge on any atom is -0.378 e. The highest BCUT2D eigenvalue weighted by atomic mass is 35.5. The number of carbonyl (C=O) groups is 1. The van der Waals surface area contributed by atoms with Crippen LogP contribution in [0.15, 0.2) is 0 Å². The van der Waals surface area contributed by atoms with E-state index in [0.29, 0.717) is 12.5 Å². The van der Waals surface area contributed by atoms with Crippen molar-refractivity contribution >= 4 is 18.3 Å². The Hall–Kier alpha value is -0.360. The topological polar surface area (TPSA) is 53.6 Å². The third-order valence-corrected chi connectivity index (χ3v) is 3.90. The lowest BCUT2D eigenvalue weighted by molar-refractivity contribution is -0.121. The summed E-state index contributed by atoms with van der Waals surface area (Å²) in [7, 11) is 0. The number of nitrogens with one attached hydrogen (secondary N) is 2. The SMILES string of the molecule is Cl.O=C(CCC1CCCO1)NCCCN1CCNCC1. The molecule has 6 heteroatoms. The van der Waals surface area contributed by atoms with E-state index in [4.69, 9.17) is 4.74 Å². The number of rotatable bonds is 7. The Morgan fingerprint density at radius 1 is 1.35 bits per heavy atom. The van der Waals surface area contributed by atoms with E-state index in [1.54, 1.807) is 0 Å². The maximum Gasteiger partial charge on any atom is 0.220 e. The Kier molecular flexibility index (Phi) is 9.18. The van der Waals surface area contributed by atoms with Gasteiger partial charge in [0, 0.05) is 45.8 Å². The lowest BCUT2D eigenvalue weighted by atomic mass is 10.1. The summed E-state index contributed by atoms with van der Waals surface area (Å²) in [4.78, 5) is 14.1. The van der Waals surface area contributed by atoms with Gasteiger partial charge in [0.1, 0.15) is 0 Å². The van der Waals surface area contributed by atoms with Gasteiger partial charge in [-0.2, -0.15) is 0 Å². The number of carbonyl (C=O) groups excluding carboxylic acids is 1. The van der Waals surface area contributed by atoms with Crippen LogP contribution < -0.4 is 10.6 Å². The monoisotopic (exact) mass is 305 g/mol. The summed E-state index contributed by atoms with van der Waals surface area (Å²) in [5.41, 5.74) is 0. The average molecular weight is 306 g/mol. The molecule has 2 N–H and O–H groups in total. The predicted octanol–water partition coefficient (Wildman–Crippen LogP) is 0.779. The van der Waals surface area contributed by atoms with E-state index in [2.05, 4.69) is 15.5 Å². The van der Waals surface area contributed by atoms with E-state index in [0.717, 1.165) is 71.6 Å². The van der Waals surface area contributed by atoms with Crippen LogP contribution >= 0.6 is 12.4 Å². The molecule has 2 rings (SSSR count). The van der Waals surface area contributed by atoms with E-state index < -0.39 is 0 Å². The lowest BCUT2D eigenvalue weighted by Gasteiger charge is -2.27. The molecule has 0 aromatic carbocycles. The second-order valence-corrected chi connectivity index (χ2v) is 5.47. The van der Waals surface area contributed by atoms with Crippen molar-refractivity contribution in [3.63, 3.8) is 0 Å². The molecule has 118 valence electrons. The minimum atomic E-state index is 0. The molecule has 0 aliphatic carbocycles. The van der Waals surface area contributed by atoms with Gasteiger partial charge in [-0.15, -0.1) is 12.4 Å². The van der Waals surface area contributed by atoms with Crippen molar-refractivity contribution in [1.82, 2.24) is 15.5 Å². The molecule has 2 aliphatic rings. The molecule has 0 bridgehead atoms. The smallest absolute Gasteiger partial charge is 0.220 e. The third-order valence-electron chi connectivity index (χ3n) is 3.90. The highest BCUT2D eigenvalue weighted by molar-refractivity contribution is 5.85. The largest absolute Gasteiger partial charge is 0.378 e. The van der Waals surface area contributed by atoms with Crippen LogP contribution in [0.1, 0.15) is 32.1 Å². The summed E-state index contributed by atoms with van der Waals surface area (Å²) in [6.07, 6.45) is 5.13. The number of amides is 1. The minimum absolute atomic E-state index is 0. The molecular weight excluding hydrogens is 278 g/mol. The van der Waals surface area contributed by atoms with E-state index >= 15 is 0 Å². The fraction of sp³-hybridized carbons (Fsp3) is 0.929. The number of nitrogens with zero attached hydrogens (tertiary/aromatic N) is 1. The molecule has 2 aliphatic heterocycles. The lowest BCUT2D eigenvalue weighted by Crippen LogP contribution is -2.44. The zero-order chi connectivity index (χ0) is 13.3. The van der Waals surface area contributed by atoms with Crippen molar-refractivity contribution in [2.24, 2.45) is 0 Å². The first-order valence-electron chi connectivity index (χ1n) is 7.66. The quantitative estimate of drug-likeness (QED) is 0.683. The first-order valence-corrected chi connectivity index (χ1v) is 7.66. The Bertz CT molecular complexity index is 267. The van der Waals surface area contributed by atoms with E-state index in [-0.39, 0.29) is 18.3 Å². The van der Waals surface area contributed by atoms with Crippen LogP contribution in [0, 0.1) is 0 Å². The number of piperazine rings is 1. The first kappa shape index (κ1) is 17.7. The zero-order valence-electron chi connectivity index (χ0n) is 12.2. The van der Waals surface area contributed by atoms with Gasteiger partial charge < -0.3 is 20.3 Å². The normalized spacial score (nSPS) is 23.3. The Balaban J connectivity index is 0.00000200. The number of halogens is 1. The fourth-order valence-corrected chi connectivity index (χ4v) is 2.72. The van der Waals surface area contributed by atoms with E-state index in [1.807, 2.05) is 0 Å². The fourth-order valence-electron chi connectivity index (χ4n) is 2.72. The van der Waals surface area contributed by atoms with Gasteiger partial charge in [0.2, 0.25) is 5.91 Å². The van der Waals surface area contributed by atoms with Gasteiger partial charge in [0.05, 0.1) is 6.10 Å². The molecule has 0 aromatic heterocycles. The summed E-state index contributed by atoms with van der Waals surface area (Å²) in [5.74, 6) is 0.177. The van der Waals surface area contributed by atoms with Gasteiger partial charge >= 0.3 is 0 Å². The molecule has 2 heterocycles. The van der Waals surface area contributed by atoms with Crippen LogP contribution in [0.3, 0.4) is 0 Å². The molecule has 5 nitrogen and oxygen atoms in total. The molecule has 1 atom stereocenters. The van der Waals surface area contributed by atoms with Crippen LogP contribution in [0.4, 0.5) is 0 Å². The van der Waals surface area contributed by atoms with Crippen LogP contribution in [-0.4, -0.2) is 62.8 Å². The molecule has 20 heavy (non-hydrogen) atoms. The van der Waals surface area contributed by atoms with Gasteiger partial charge in [-0.1, -0.05) is 0 Å². The molecule has 2 fully saturated rings. The Morgan fingerprint density at radius 2 is 2.15 bits per heavy atom. The summed E-state index contributed by atoms with van der Waals surface area (Å²) in [6, 6.07) is 0. The molecule has 2 saturated heterocycles. The van der Waals surface area contributed by atoms with Crippen LogP contribution in [0.25, 0.3) is 0 Å². The van der Waals surface area contributed by atoms with Crippen LogP contribution in [0.5, 0.6) is 0 Å². The molecule has 1 amide bonds. The summed E-state index contributed by atoms with van der Waals surface area (Å²) < 4.78 is 5.52. The van der Waals surface area contributed by atoms with Crippen molar-refractivity contribution in [1.29, 1.82) is 0 Å². The maximum absolute atomic E-state index is 11.7. The predicted molar refractivity (Wildman–Crippen MR) is 82.4 cm³/mol. The van der Waals surface area contributed by atoms with E-state index in [1.165, 1.54) is 0 Å². The van der Waals surface area contributed by atoms with E-state index in [9.17, 15) is 4.79 Å². The van der Waals surface area contributed by atoms with Crippen LogP contribution in [-0.2, 0) is 9.53 Å². The van der Waals surface area contributed by atoms with Crippen LogP contribution in [0.2, 0.25) is 0 Å². The molecule has 0 saturated carbocycles. The summed E-state index contributed by atoms with van der Waals surface area (Å²) in [5, 5.41) is 6.35.